The van der Waals surface area contributed by atoms with Crippen LogP contribution >= 0.6 is 0 Å². The minimum atomic E-state index is 0.158. The van der Waals surface area contributed by atoms with Gasteiger partial charge in [0.15, 0.2) is 0 Å². The summed E-state index contributed by atoms with van der Waals surface area (Å²) in [6.07, 6.45) is 0. The summed E-state index contributed by atoms with van der Waals surface area (Å²) in [6, 6.07) is 16.9. The van der Waals surface area contributed by atoms with Gasteiger partial charge < -0.3 is 15.5 Å². The largest absolute Gasteiger partial charge is 0.398 e. The van der Waals surface area contributed by atoms with Crippen LogP contribution in [0.1, 0.15) is 52.7 Å². The lowest BCUT2D eigenvalue weighted by molar-refractivity contribution is 0.312. The van der Waals surface area contributed by atoms with Crippen molar-refractivity contribution in [1.82, 2.24) is 4.90 Å². The van der Waals surface area contributed by atoms with Gasteiger partial charge in [0.05, 0.1) is 0 Å². The molecule has 1 heterocycles. The van der Waals surface area contributed by atoms with Gasteiger partial charge in [-0.2, -0.15) is 0 Å². The average Bonchev–Trinajstić information content (AvgIpc) is 2.62. The summed E-state index contributed by atoms with van der Waals surface area (Å²) in [4.78, 5) is 4.93. The van der Waals surface area contributed by atoms with Gasteiger partial charge in [-0.05, 0) is 41.1 Å². The normalized spacial score (nSPS) is 15.8. The van der Waals surface area contributed by atoms with E-state index in [0.717, 1.165) is 18.8 Å². The SMILES string of the molecule is CC(C)(C)c1ccccc1N.CN1CCN(c2ccccc2C(C)(C)C)CC1. The van der Waals surface area contributed by atoms with Gasteiger partial charge >= 0.3 is 0 Å². The number of hydrogen-bond acceptors (Lipinski definition) is 3. The second-order valence-electron chi connectivity index (χ2n) is 9.89. The van der Waals surface area contributed by atoms with Gasteiger partial charge in [-0.3, -0.25) is 0 Å². The number of benzene rings is 2. The molecule has 0 amide bonds. The minimum Gasteiger partial charge on any atom is -0.398 e. The van der Waals surface area contributed by atoms with Crippen LogP contribution in [0.5, 0.6) is 0 Å². The monoisotopic (exact) mass is 381 g/mol. The van der Waals surface area contributed by atoms with Crippen molar-refractivity contribution in [3.63, 3.8) is 0 Å². The van der Waals surface area contributed by atoms with Crippen LogP contribution in [0.3, 0.4) is 0 Å². The van der Waals surface area contributed by atoms with Crippen LogP contribution in [0.2, 0.25) is 0 Å². The van der Waals surface area contributed by atoms with Crippen molar-refractivity contribution < 1.29 is 0 Å². The number of anilines is 2. The summed E-state index contributed by atoms with van der Waals surface area (Å²) in [6.45, 7) is 18.0. The van der Waals surface area contributed by atoms with Crippen LogP contribution < -0.4 is 10.6 Å². The number of piperazine rings is 1. The predicted molar refractivity (Wildman–Crippen MR) is 124 cm³/mol. The molecule has 1 aliphatic heterocycles. The first kappa shape index (κ1) is 22.3. The van der Waals surface area contributed by atoms with Gasteiger partial charge in [-0.15, -0.1) is 0 Å². The van der Waals surface area contributed by atoms with E-state index in [0.29, 0.717) is 0 Å². The highest BCUT2D eigenvalue weighted by Crippen LogP contribution is 2.32. The average molecular weight is 382 g/mol. The molecule has 0 spiro atoms. The highest BCUT2D eigenvalue weighted by atomic mass is 15.2. The van der Waals surface area contributed by atoms with E-state index >= 15 is 0 Å². The van der Waals surface area contributed by atoms with Crippen molar-refractivity contribution in [2.24, 2.45) is 0 Å². The van der Waals surface area contributed by atoms with Crippen LogP contribution in [-0.2, 0) is 10.8 Å². The van der Waals surface area contributed by atoms with E-state index in [1.54, 1.807) is 0 Å². The number of nitrogens with zero attached hydrogens (tertiary/aromatic N) is 2. The van der Waals surface area contributed by atoms with Gasteiger partial charge in [0.2, 0.25) is 0 Å². The van der Waals surface area contributed by atoms with Crippen molar-refractivity contribution in [3.8, 4) is 0 Å². The van der Waals surface area contributed by atoms with Gasteiger partial charge in [-0.1, -0.05) is 77.9 Å². The zero-order chi connectivity index (χ0) is 20.9. The van der Waals surface area contributed by atoms with Crippen LogP contribution in [-0.4, -0.2) is 38.1 Å². The molecule has 0 saturated carbocycles. The lowest BCUT2D eigenvalue weighted by Gasteiger charge is -2.37. The fourth-order valence-electron chi connectivity index (χ4n) is 3.61. The third-order valence-electron chi connectivity index (χ3n) is 5.32. The van der Waals surface area contributed by atoms with E-state index in [1.807, 2.05) is 18.2 Å². The summed E-state index contributed by atoms with van der Waals surface area (Å²) in [5, 5.41) is 0. The fourth-order valence-corrected chi connectivity index (χ4v) is 3.61. The maximum atomic E-state index is 5.81. The zero-order valence-corrected chi connectivity index (χ0v) is 18.9. The molecule has 0 aliphatic carbocycles. The summed E-state index contributed by atoms with van der Waals surface area (Å²) >= 11 is 0. The quantitative estimate of drug-likeness (QED) is 0.680. The molecule has 2 N–H and O–H groups in total. The molecule has 28 heavy (non-hydrogen) atoms. The summed E-state index contributed by atoms with van der Waals surface area (Å²) < 4.78 is 0. The van der Waals surface area contributed by atoms with Crippen molar-refractivity contribution in [2.45, 2.75) is 52.4 Å². The van der Waals surface area contributed by atoms with Crippen LogP contribution in [0.25, 0.3) is 0 Å². The molecule has 2 aromatic carbocycles. The van der Waals surface area contributed by atoms with Gasteiger partial charge in [0, 0.05) is 37.6 Å². The van der Waals surface area contributed by atoms with E-state index < -0.39 is 0 Å². The number of nitrogen functional groups attached to an aromatic ring is 1. The molecule has 3 heteroatoms. The summed E-state index contributed by atoms with van der Waals surface area (Å²) in [5.74, 6) is 0. The van der Waals surface area contributed by atoms with Crippen LogP contribution in [0.4, 0.5) is 11.4 Å². The van der Waals surface area contributed by atoms with Crippen molar-refractivity contribution in [3.05, 3.63) is 59.7 Å². The predicted octanol–water partition coefficient (Wildman–Crippen LogP) is 5.30. The molecule has 0 radical (unpaired) electrons. The highest BCUT2D eigenvalue weighted by Gasteiger charge is 2.22. The fraction of sp³-hybridized carbons (Fsp3) is 0.520. The first-order valence-corrected chi connectivity index (χ1v) is 10.4. The lowest BCUT2D eigenvalue weighted by Crippen LogP contribution is -2.45. The van der Waals surface area contributed by atoms with Crippen molar-refractivity contribution in [1.29, 1.82) is 0 Å². The lowest BCUT2D eigenvalue weighted by atomic mass is 9.85. The van der Waals surface area contributed by atoms with Crippen molar-refractivity contribution in [2.75, 3.05) is 43.9 Å². The van der Waals surface area contributed by atoms with Crippen LogP contribution in [0.15, 0.2) is 48.5 Å². The van der Waals surface area contributed by atoms with Gasteiger partial charge in [0.25, 0.3) is 0 Å². The minimum absolute atomic E-state index is 0.158. The molecule has 1 saturated heterocycles. The molecular formula is C25H39N3. The van der Waals surface area contributed by atoms with Crippen molar-refractivity contribution >= 4 is 11.4 Å². The Labute approximate surface area is 172 Å². The molecule has 0 aromatic heterocycles. The third kappa shape index (κ3) is 6.00. The maximum absolute atomic E-state index is 5.81. The molecule has 2 aromatic rings. The zero-order valence-electron chi connectivity index (χ0n) is 18.9. The van der Waals surface area contributed by atoms with E-state index in [9.17, 15) is 0 Å². The summed E-state index contributed by atoms with van der Waals surface area (Å²) in [5.41, 5.74) is 11.2. The molecule has 3 rings (SSSR count). The Balaban J connectivity index is 0.000000221. The van der Waals surface area contributed by atoms with Gasteiger partial charge in [-0.25, -0.2) is 0 Å². The molecule has 0 unspecified atom stereocenters. The first-order valence-electron chi connectivity index (χ1n) is 10.4. The second kappa shape index (κ2) is 9.00. The number of rotatable bonds is 1. The Morgan fingerprint density at radius 2 is 1.14 bits per heavy atom. The number of likely N-dealkylation sites (N-methyl/N-ethyl adjacent to an activating group) is 1. The Kier molecular flexibility index (Phi) is 7.16. The van der Waals surface area contributed by atoms with Gasteiger partial charge in [0.1, 0.15) is 0 Å². The van der Waals surface area contributed by atoms with E-state index in [1.165, 1.54) is 29.9 Å². The molecule has 1 aliphatic rings. The molecule has 154 valence electrons. The molecule has 1 fully saturated rings. The highest BCUT2D eigenvalue weighted by molar-refractivity contribution is 5.56. The molecule has 0 atom stereocenters. The van der Waals surface area contributed by atoms with E-state index in [4.69, 9.17) is 5.73 Å². The van der Waals surface area contributed by atoms with E-state index in [-0.39, 0.29) is 10.8 Å². The Morgan fingerprint density at radius 3 is 1.61 bits per heavy atom. The molecular weight excluding hydrogens is 342 g/mol. The number of para-hydroxylation sites is 2. The smallest absolute Gasteiger partial charge is 0.0405 e. The Hall–Kier alpha value is -2.00. The first-order chi connectivity index (χ1) is 13.0. The number of hydrogen-bond donors (Lipinski definition) is 1. The molecule has 3 nitrogen and oxygen atoms in total. The summed E-state index contributed by atoms with van der Waals surface area (Å²) in [7, 11) is 2.20. The Morgan fingerprint density at radius 1 is 0.679 bits per heavy atom. The molecule has 0 bridgehead atoms. The second-order valence-corrected chi connectivity index (χ2v) is 9.89. The van der Waals surface area contributed by atoms with Crippen LogP contribution in [0, 0.1) is 0 Å². The Bertz CT molecular complexity index is 745. The number of nitrogens with two attached hydrogens (primary N) is 1. The standard InChI is InChI=1S/C15H24N2.C10H15N/c1-15(2,3)13-7-5-6-8-14(13)17-11-9-16(4)10-12-17;1-10(2,3)8-6-4-5-7-9(8)11/h5-8H,9-12H2,1-4H3;4-7H,11H2,1-3H3. The third-order valence-corrected chi connectivity index (χ3v) is 5.32. The van der Waals surface area contributed by atoms with E-state index in [2.05, 4.69) is 88.7 Å². The topological polar surface area (TPSA) is 32.5 Å². The maximum Gasteiger partial charge on any atom is 0.0405 e.